The van der Waals surface area contributed by atoms with Gasteiger partial charge in [0.25, 0.3) is 5.91 Å². The third kappa shape index (κ3) is 2.39. The molecule has 1 amide bonds. The van der Waals surface area contributed by atoms with Gasteiger partial charge in [-0.3, -0.25) is 4.79 Å². The number of likely N-dealkylation sites (N-methyl/N-ethyl adjacent to an activating group) is 2. The van der Waals surface area contributed by atoms with Crippen molar-refractivity contribution >= 4 is 17.3 Å². The molecular formula is C15H21N3O2. The summed E-state index contributed by atoms with van der Waals surface area (Å²) in [5.41, 5.74) is 2.10. The number of hydrogen-bond donors (Lipinski definition) is 0. The predicted molar refractivity (Wildman–Crippen MR) is 79.3 cm³/mol. The van der Waals surface area contributed by atoms with Gasteiger partial charge in [0.1, 0.15) is 6.10 Å². The first-order chi connectivity index (χ1) is 9.66. The summed E-state index contributed by atoms with van der Waals surface area (Å²) in [5.74, 6) is 0.0806. The third-order valence-corrected chi connectivity index (χ3v) is 4.05. The summed E-state index contributed by atoms with van der Waals surface area (Å²) in [4.78, 5) is 18.9. The number of amides is 1. The van der Waals surface area contributed by atoms with Gasteiger partial charge in [0, 0.05) is 33.2 Å². The molecule has 1 aromatic rings. The minimum atomic E-state index is -0.342. The molecule has 1 fully saturated rings. The minimum Gasteiger partial charge on any atom is -0.371 e. The fraction of sp³-hybridized carbons (Fsp3) is 0.533. The number of carbonyl (C=O) groups is 1. The summed E-state index contributed by atoms with van der Waals surface area (Å²) in [6, 6.07) is 8.05. The monoisotopic (exact) mass is 275 g/mol. The number of nitrogens with zero attached hydrogens (tertiary/aromatic N) is 3. The van der Waals surface area contributed by atoms with E-state index in [0.717, 1.165) is 31.0 Å². The Hall–Kier alpha value is -1.59. The molecule has 3 rings (SSSR count). The van der Waals surface area contributed by atoms with Crippen LogP contribution in [0.25, 0.3) is 0 Å². The van der Waals surface area contributed by atoms with Gasteiger partial charge in [0.05, 0.1) is 18.0 Å². The first-order valence-electron chi connectivity index (χ1n) is 7.08. The highest BCUT2D eigenvalue weighted by molar-refractivity contribution is 6.00. The van der Waals surface area contributed by atoms with Crippen molar-refractivity contribution in [3.8, 4) is 0 Å². The lowest BCUT2D eigenvalue weighted by Crippen LogP contribution is -2.52. The Morgan fingerprint density at radius 3 is 2.65 bits per heavy atom. The highest BCUT2D eigenvalue weighted by Crippen LogP contribution is 2.32. The number of carbonyl (C=O) groups excluding carboxylic acids is 1. The van der Waals surface area contributed by atoms with Gasteiger partial charge in [0.15, 0.2) is 0 Å². The molecule has 0 radical (unpaired) electrons. The SMILES string of the molecule is CN1CCOC(C(=O)N2CCN(C)c3ccccc32)C1. The number of hydrogen-bond acceptors (Lipinski definition) is 4. The van der Waals surface area contributed by atoms with Crippen LogP contribution in [0.3, 0.4) is 0 Å². The van der Waals surface area contributed by atoms with Gasteiger partial charge in [0.2, 0.25) is 0 Å². The fourth-order valence-electron chi connectivity index (χ4n) is 2.84. The number of ether oxygens (including phenoxy) is 1. The Morgan fingerprint density at radius 1 is 1.15 bits per heavy atom. The Balaban J connectivity index is 1.84. The fourth-order valence-corrected chi connectivity index (χ4v) is 2.84. The molecule has 0 N–H and O–H groups in total. The summed E-state index contributed by atoms with van der Waals surface area (Å²) in [7, 11) is 4.09. The maximum absolute atomic E-state index is 12.7. The van der Waals surface area contributed by atoms with Crippen molar-refractivity contribution in [2.24, 2.45) is 0 Å². The third-order valence-electron chi connectivity index (χ3n) is 4.05. The van der Waals surface area contributed by atoms with Crippen molar-refractivity contribution in [3.05, 3.63) is 24.3 Å². The first-order valence-corrected chi connectivity index (χ1v) is 7.08. The summed E-state index contributed by atoms with van der Waals surface area (Å²) in [6.45, 7) is 3.76. The zero-order valence-corrected chi connectivity index (χ0v) is 12.1. The Labute approximate surface area is 119 Å². The first kappa shape index (κ1) is 13.4. The smallest absolute Gasteiger partial charge is 0.257 e. The average molecular weight is 275 g/mol. The van der Waals surface area contributed by atoms with E-state index in [2.05, 4.69) is 22.9 Å². The van der Waals surface area contributed by atoms with E-state index in [1.165, 1.54) is 0 Å². The van der Waals surface area contributed by atoms with Crippen LogP contribution in [0.2, 0.25) is 0 Å². The average Bonchev–Trinajstić information content (AvgIpc) is 2.47. The van der Waals surface area contributed by atoms with Crippen LogP contribution < -0.4 is 9.80 Å². The maximum atomic E-state index is 12.7. The highest BCUT2D eigenvalue weighted by atomic mass is 16.5. The lowest BCUT2D eigenvalue weighted by atomic mass is 10.1. The molecule has 0 spiro atoms. The second-order valence-electron chi connectivity index (χ2n) is 5.52. The van der Waals surface area contributed by atoms with E-state index >= 15 is 0 Å². The number of morpholine rings is 1. The van der Waals surface area contributed by atoms with E-state index in [0.29, 0.717) is 13.2 Å². The largest absolute Gasteiger partial charge is 0.371 e. The second-order valence-corrected chi connectivity index (χ2v) is 5.52. The molecule has 0 saturated carbocycles. The lowest BCUT2D eigenvalue weighted by molar-refractivity contribution is -0.135. The minimum absolute atomic E-state index is 0.0806. The van der Waals surface area contributed by atoms with Gasteiger partial charge < -0.3 is 19.4 Å². The molecule has 2 heterocycles. The van der Waals surface area contributed by atoms with Crippen LogP contribution in [-0.4, -0.2) is 63.8 Å². The van der Waals surface area contributed by atoms with Crippen LogP contribution in [0.15, 0.2) is 24.3 Å². The van der Waals surface area contributed by atoms with Crippen LogP contribution in [0.4, 0.5) is 11.4 Å². The van der Waals surface area contributed by atoms with Crippen molar-refractivity contribution in [2.75, 3.05) is 56.7 Å². The number of benzene rings is 1. The van der Waals surface area contributed by atoms with Crippen LogP contribution in [0, 0.1) is 0 Å². The zero-order chi connectivity index (χ0) is 14.1. The molecule has 2 aliphatic heterocycles. The van der Waals surface area contributed by atoms with Gasteiger partial charge in [-0.1, -0.05) is 12.1 Å². The van der Waals surface area contributed by atoms with Crippen molar-refractivity contribution in [1.29, 1.82) is 0 Å². The molecular weight excluding hydrogens is 254 g/mol. The van der Waals surface area contributed by atoms with Gasteiger partial charge in [-0.25, -0.2) is 0 Å². The number of para-hydroxylation sites is 2. The summed E-state index contributed by atoms with van der Waals surface area (Å²) < 4.78 is 5.66. The quantitative estimate of drug-likeness (QED) is 0.759. The Kier molecular flexibility index (Phi) is 3.63. The molecule has 0 bridgehead atoms. The van der Waals surface area contributed by atoms with E-state index in [4.69, 9.17) is 4.74 Å². The topological polar surface area (TPSA) is 36.0 Å². The molecule has 20 heavy (non-hydrogen) atoms. The zero-order valence-electron chi connectivity index (χ0n) is 12.1. The molecule has 1 unspecified atom stereocenters. The molecule has 2 aliphatic rings. The van der Waals surface area contributed by atoms with E-state index < -0.39 is 0 Å². The number of rotatable bonds is 1. The molecule has 1 saturated heterocycles. The van der Waals surface area contributed by atoms with Crippen molar-refractivity contribution in [3.63, 3.8) is 0 Å². The molecule has 1 atom stereocenters. The van der Waals surface area contributed by atoms with Crippen molar-refractivity contribution < 1.29 is 9.53 Å². The highest BCUT2D eigenvalue weighted by Gasteiger charge is 2.32. The van der Waals surface area contributed by atoms with Crippen LogP contribution in [0.1, 0.15) is 0 Å². The van der Waals surface area contributed by atoms with Crippen LogP contribution in [-0.2, 0) is 9.53 Å². The van der Waals surface area contributed by atoms with Gasteiger partial charge >= 0.3 is 0 Å². The second kappa shape index (κ2) is 5.42. The van der Waals surface area contributed by atoms with Gasteiger partial charge in [-0.2, -0.15) is 0 Å². The molecule has 108 valence electrons. The summed E-state index contributed by atoms with van der Waals surface area (Å²) >= 11 is 0. The van der Waals surface area contributed by atoms with E-state index in [1.807, 2.05) is 30.1 Å². The van der Waals surface area contributed by atoms with Crippen molar-refractivity contribution in [1.82, 2.24) is 4.90 Å². The van der Waals surface area contributed by atoms with Gasteiger partial charge in [-0.05, 0) is 19.2 Å². The molecule has 0 aromatic heterocycles. The molecule has 1 aromatic carbocycles. The Bertz CT molecular complexity index is 506. The maximum Gasteiger partial charge on any atom is 0.257 e. The number of fused-ring (bicyclic) bond motifs is 1. The standard InChI is InChI=1S/C15H21N3O2/c1-16-9-10-20-14(11-16)15(19)18-8-7-17(2)12-5-3-4-6-13(12)18/h3-6,14H,7-11H2,1-2H3. The van der Waals surface area contributed by atoms with E-state index in [-0.39, 0.29) is 12.0 Å². The summed E-state index contributed by atoms with van der Waals surface area (Å²) in [5, 5.41) is 0. The van der Waals surface area contributed by atoms with Crippen LogP contribution in [0.5, 0.6) is 0 Å². The van der Waals surface area contributed by atoms with Crippen molar-refractivity contribution in [2.45, 2.75) is 6.10 Å². The Morgan fingerprint density at radius 2 is 1.90 bits per heavy atom. The van der Waals surface area contributed by atoms with E-state index in [9.17, 15) is 4.79 Å². The summed E-state index contributed by atoms with van der Waals surface area (Å²) in [6.07, 6.45) is -0.342. The normalized spacial score (nSPS) is 23.6. The molecule has 5 heteroatoms. The predicted octanol–water partition coefficient (Wildman–Crippen LogP) is 0.800. The van der Waals surface area contributed by atoms with Gasteiger partial charge in [-0.15, -0.1) is 0 Å². The lowest BCUT2D eigenvalue weighted by Gasteiger charge is -2.38. The van der Waals surface area contributed by atoms with E-state index in [1.54, 1.807) is 0 Å². The molecule has 5 nitrogen and oxygen atoms in total. The molecule has 0 aliphatic carbocycles. The number of anilines is 2. The van der Waals surface area contributed by atoms with Crippen LogP contribution >= 0.6 is 0 Å².